The van der Waals surface area contributed by atoms with E-state index < -0.39 is 0 Å². The molecule has 1 heterocycles. The molecule has 0 saturated heterocycles. The molecule has 0 N–H and O–H groups in total. The van der Waals surface area contributed by atoms with Crippen LogP contribution in [0.5, 0.6) is 0 Å². The second-order valence-electron chi connectivity index (χ2n) is 4.32. The van der Waals surface area contributed by atoms with Crippen molar-refractivity contribution in [3.05, 3.63) is 53.1 Å². The van der Waals surface area contributed by atoms with E-state index >= 15 is 0 Å². The molecule has 0 amide bonds. The number of hydrogen-bond donors (Lipinski definition) is 0. The first-order chi connectivity index (χ1) is 9.19. The summed E-state index contributed by atoms with van der Waals surface area (Å²) < 4.78 is 3.29. The minimum atomic E-state index is 0.688. The number of aryl methyl sites for hydroxylation is 1. The van der Waals surface area contributed by atoms with E-state index in [4.69, 9.17) is 11.6 Å². The van der Waals surface area contributed by atoms with Crippen molar-refractivity contribution in [2.75, 3.05) is 0 Å². The van der Waals surface area contributed by atoms with Crippen molar-refractivity contribution in [3.8, 4) is 10.6 Å². The van der Waals surface area contributed by atoms with Crippen LogP contribution in [0, 0.1) is 0 Å². The molecular formula is C15H11ClNOS+. The summed E-state index contributed by atoms with van der Waals surface area (Å²) in [6, 6.07) is 13.5. The fourth-order valence-electron chi connectivity index (χ4n) is 2.12. The van der Waals surface area contributed by atoms with Gasteiger partial charge in [-0.3, -0.25) is 4.79 Å². The van der Waals surface area contributed by atoms with Crippen molar-refractivity contribution in [2.45, 2.75) is 0 Å². The first kappa shape index (κ1) is 12.3. The van der Waals surface area contributed by atoms with Crippen LogP contribution in [0.2, 0.25) is 5.02 Å². The molecule has 3 aromatic rings. The fourth-order valence-corrected chi connectivity index (χ4v) is 3.41. The molecule has 0 aliphatic heterocycles. The Morgan fingerprint density at radius 3 is 2.84 bits per heavy atom. The molecule has 0 radical (unpaired) electrons. The minimum Gasteiger partial charge on any atom is -0.298 e. The average Bonchev–Trinajstić information content (AvgIpc) is 2.76. The SMILES string of the molecule is C[n+]1c(-c2cccc(C=O)c2)sc2ccc(Cl)cc21. The number of halogens is 1. The van der Waals surface area contributed by atoms with E-state index in [-0.39, 0.29) is 0 Å². The van der Waals surface area contributed by atoms with E-state index in [0.717, 1.165) is 27.4 Å². The van der Waals surface area contributed by atoms with Crippen LogP contribution in [-0.2, 0) is 7.05 Å². The van der Waals surface area contributed by atoms with Crippen molar-refractivity contribution in [1.82, 2.24) is 0 Å². The number of rotatable bonds is 2. The predicted octanol–water partition coefficient (Wildman–Crippen LogP) is 3.86. The van der Waals surface area contributed by atoms with Gasteiger partial charge in [-0.15, -0.1) is 0 Å². The van der Waals surface area contributed by atoms with Crippen molar-refractivity contribution < 1.29 is 9.36 Å². The fraction of sp³-hybridized carbons (Fsp3) is 0.0667. The number of nitrogens with zero attached hydrogens (tertiary/aromatic N) is 1. The Bertz CT molecular complexity index is 779. The molecule has 0 saturated carbocycles. The van der Waals surface area contributed by atoms with Gasteiger partial charge in [-0.05, 0) is 24.3 Å². The average molecular weight is 289 g/mol. The summed E-state index contributed by atoms with van der Waals surface area (Å²) in [6.07, 6.45) is 0.869. The van der Waals surface area contributed by atoms with Gasteiger partial charge in [-0.1, -0.05) is 35.1 Å². The predicted molar refractivity (Wildman–Crippen MR) is 78.8 cm³/mol. The molecule has 19 heavy (non-hydrogen) atoms. The molecule has 2 aromatic carbocycles. The standard InChI is InChI=1S/C15H11ClNOS/c1-17-13-8-12(16)5-6-14(13)19-15(17)11-4-2-3-10(7-11)9-18/h2-9H,1H3/q+1. The maximum absolute atomic E-state index is 10.9. The van der Waals surface area contributed by atoms with Gasteiger partial charge in [0.05, 0.1) is 5.56 Å². The van der Waals surface area contributed by atoms with Gasteiger partial charge < -0.3 is 0 Å². The largest absolute Gasteiger partial charge is 0.298 e. The van der Waals surface area contributed by atoms with E-state index in [2.05, 4.69) is 4.57 Å². The Balaban J connectivity index is 2.24. The third-order valence-electron chi connectivity index (χ3n) is 3.06. The van der Waals surface area contributed by atoms with E-state index in [1.54, 1.807) is 17.4 Å². The number of fused-ring (bicyclic) bond motifs is 1. The van der Waals surface area contributed by atoms with Crippen LogP contribution < -0.4 is 4.57 Å². The summed E-state index contributed by atoms with van der Waals surface area (Å²) in [5.41, 5.74) is 2.83. The zero-order chi connectivity index (χ0) is 13.4. The lowest BCUT2D eigenvalue weighted by Crippen LogP contribution is -2.28. The lowest BCUT2D eigenvalue weighted by Gasteiger charge is -1.95. The number of aldehydes is 1. The molecule has 4 heteroatoms. The van der Waals surface area contributed by atoms with Crippen molar-refractivity contribution >= 4 is 39.4 Å². The molecule has 0 unspecified atom stereocenters. The third-order valence-corrected chi connectivity index (χ3v) is 4.57. The van der Waals surface area contributed by atoms with Crippen LogP contribution >= 0.6 is 22.9 Å². The van der Waals surface area contributed by atoms with Gasteiger partial charge in [0, 0.05) is 16.7 Å². The molecule has 2 nitrogen and oxygen atoms in total. The Morgan fingerprint density at radius 1 is 1.21 bits per heavy atom. The van der Waals surface area contributed by atoms with Crippen LogP contribution in [0.1, 0.15) is 10.4 Å². The molecule has 0 spiro atoms. The van der Waals surface area contributed by atoms with Gasteiger partial charge in [-0.25, -0.2) is 0 Å². The number of benzene rings is 2. The molecule has 94 valence electrons. The maximum Gasteiger partial charge on any atom is 0.269 e. The summed E-state index contributed by atoms with van der Waals surface area (Å²) in [4.78, 5) is 10.9. The Kier molecular flexibility index (Phi) is 3.09. The van der Waals surface area contributed by atoms with E-state index in [1.165, 1.54) is 4.70 Å². The van der Waals surface area contributed by atoms with Gasteiger partial charge in [-0.2, -0.15) is 4.57 Å². The highest BCUT2D eigenvalue weighted by Gasteiger charge is 2.19. The molecule has 0 aliphatic carbocycles. The molecule has 0 bridgehead atoms. The second-order valence-corrected chi connectivity index (χ2v) is 5.79. The van der Waals surface area contributed by atoms with Crippen LogP contribution in [0.25, 0.3) is 20.8 Å². The van der Waals surface area contributed by atoms with Gasteiger partial charge in [0.25, 0.3) is 5.01 Å². The first-order valence-electron chi connectivity index (χ1n) is 5.83. The lowest BCUT2D eigenvalue weighted by atomic mass is 10.1. The number of carbonyl (C=O) groups is 1. The zero-order valence-corrected chi connectivity index (χ0v) is 11.8. The zero-order valence-electron chi connectivity index (χ0n) is 10.3. The lowest BCUT2D eigenvalue weighted by molar-refractivity contribution is -0.629. The smallest absolute Gasteiger partial charge is 0.269 e. The Hall–Kier alpha value is -1.71. The highest BCUT2D eigenvalue weighted by atomic mass is 35.5. The number of carbonyl (C=O) groups excluding carboxylic acids is 1. The summed E-state index contributed by atoms with van der Waals surface area (Å²) in [5, 5.41) is 1.84. The minimum absolute atomic E-state index is 0.688. The van der Waals surface area contributed by atoms with Gasteiger partial charge in [0.2, 0.25) is 5.52 Å². The first-order valence-corrected chi connectivity index (χ1v) is 7.02. The summed E-state index contributed by atoms with van der Waals surface area (Å²) in [7, 11) is 2.01. The van der Waals surface area contributed by atoms with Crippen molar-refractivity contribution in [1.29, 1.82) is 0 Å². The third kappa shape index (κ3) is 2.15. The highest BCUT2D eigenvalue weighted by Crippen LogP contribution is 2.29. The summed E-state index contributed by atoms with van der Waals surface area (Å²) in [6.45, 7) is 0. The van der Waals surface area contributed by atoms with Crippen molar-refractivity contribution in [3.63, 3.8) is 0 Å². The van der Waals surface area contributed by atoms with E-state index in [1.807, 2.05) is 43.4 Å². The Morgan fingerprint density at radius 2 is 2.05 bits per heavy atom. The van der Waals surface area contributed by atoms with Gasteiger partial charge in [0.1, 0.15) is 18.0 Å². The number of hydrogen-bond acceptors (Lipinski definition) is 2. The van der Waals surface area contributed by atoms with Crippen LogP contribution in [-0.4, -0.2) is 6.29 Å². The summed E-state index contributed by atoms with van der Waals surface area (Å²) >= 11 is 7.73. The molecule has 0 atom stereocenters. The van der Waals surface area contributed by atoms with Crippen molar-refractivity contribution in [2.24, 2.45) is 7.05 Å². The van der Waals surface area contributed by atoms with Crippen LogP contribution in [0.3, 0.4) is 0 Å². The quantitative estimate of drug-likeness (QED) is 0.518. The van der Waals surface area contributed by atoms with Gasteiger partial charge in [0.15, 0.2) is 0 Å². The molecule has 3 rings (SSSR count). The van der Waals surface area contributed by atoms with Crippen LogP contribution in [0.4, 0.5) is 0 Å². The maximum atomic E-state index is 10.9. The molecular weight excluding hydrogens is 278 g/mol. The molecule has 1 aromatic heterocycles. The topological polar surface area (TPSA) is 20.9 Å². The second kappa shape index (κ2) is 4.76. The van der Waals surface area contributed by atoms with Gasteiger partial charge >= 0.3 is 0 Å². The summed E-state index contributed by atoms with van der Waals surface area (Å²) in [5.74, 6) is 0. The highest BCUT2D eigenvalue weighted by molar-refractivity contribution is 7.21. The number of thiazole rings is 1. The monoisotopic (exact) mass is 288 g/mol. The normalized spacial score (nSPS) is 10.8. The van der Waals surface area contributed by atoms with Crippen LogP contribution in [0.15, 0.2) is 42.5 Å². The molecule has 0 aliphatic rings. The van der Waals surface area contributed by atoms with E-state index in [9.17, 15) is 4.79 Å². The number of aromatic nitrogens is 1. The molecule has 0 fully saturated rings. The Labute approximate surface area is 119 Å². The van der Waals surface area contributed by atoms with E-state index in [0.29, 0.717) is 5.56 Å².